The van der Waals surface area contributed by atoms with Crippen molar-refractivity contribution in [2.75, 3.05) is 23.9 Å². The first-order chi connectivity index (χ1) is 22.6. The standard InChI is InChI=1S/C34H30F3N5O5/c1-3-41-32-24(19-38-42(32)22-12-5-4-6-13-22)28(23-14-7-8-15-25(23)39-26(43)16-17-27(44)46-2)29(33(41)45)40-31-30(47-31)20-10-9-11-21(18-20)34(35,36)37/h4-19,28-31,40H,3H2,1-2H3,(H,39,43)/b17-16+/t28-,29+,30?,31?/m0/s1. The molecule has 2 unspecified atom stereocenters. The maximum Gasteiger partial charge on any atom is 0.416 e. The van der Waals surface area contributed by atoms with Gasteiger partial charge in [-0.2, -0.15) is 18.3 Å². The molecule has 1 fully saturated rings. The lowest BCUT2D eigenvalue weighted by Gasteiger charge is -2.38. The Kier molecular flexibility index (Phi) is 8.67. The van der Waals surface area contributed by atoms with E-state index in [1.807, 2.05) is 37.3 Å². The zero-order chi connectivity index (χ0) is 33.3. The van der Waals surface area contributed by atoms with Crippen LogP contribution in [0.25, 0.3) is 5.69 Å². The van der Waals surface area contributed by atoms with Gasteiger partial charge in [-0.3, -0.25) is 19.8 Å². The van der Waals surface area contributed by atoms with Crippen molar-refractivity contribution in [3.8, 4) is 5.69 Å². The van der Waals surface area contributed by atoms with E-state index in [0.29, 0.717) is 34.7 Å². The van der Waals surface area contributed by atoms with Crippen LogP contribution in [-0.4, -0.2) is 53.5 Å². The van der Waals surface area contributed by atoms with Gasteiger partial charge in [0, 0.05) is 35.9 Å². The summed E-state index contributed by atoms with van der Waals surface area (Å²) in [7, 11) is 1.20. The fourth-order valence-corrected chi connectivity index (χ4v) is 5.85. The molecule has 3 aromatic carbocycles. The number of aromatic nitrogens is 2. The number of benzene rings is 3. The molecule has 0 spiro atoms. The summed E-state index contributed by atoms with van der Waals surface area (Å²) in [4.78, 5) is 40.4. The highest BCUT2D eigenvalue weighted by Crippen LogP contribution is 2.46. The van der Waals surface area contributed by atoms with Gasteiger partial charge in [0.15, 0.2) is 0 Å². The summed E-state index contributed by atoms with van der Waals surface area (Å²) in [5.74, 6) is -1.78. The van der Waals surface area contributed by atoms with Gasteiger partial charge in [0.05, 0.1) is 24.6 Å². The third kappa shape index (κ3) is 6.40. The van der Waals surface area contributed by atoms with Crippen molar-refractivity contribution in [2.24, 2.45) is 0 Å². The molecule has 4 aromatic rings. The number of amides is 2. The number of carbonyl (C=O) groups excluding carboxylic acids is 3. The summed E-state index contributed by atoms with van der Waals surface area (Å²) in [5, 5.41) is 10.7. The molecule has 0 bridgehead atoms. The number of alkyl halides is 3. The number of anilines is 2. The number of fused-ring (bicyclic) bond motifs is 1. The van der Waals surface area contributed by atoms with Crippen molar-refractivity contribution in [1.82, 2.24) is 15.1 Å². The topological polar surface area (TPSA) is 118 Å². The molecular weight excluding hydrogens is 615 g/mol. The van der Waals surface area contributed by atoms with E-state index >= 15 is 0 Å². The molecule has 4 atom stereocenters. The molecule has 13 heteroatoms. The molecule has 242 valence electrons. The molecule has 0 aliphatic carbocycles. The van der Waals surface area contributed by atoms with Crippen LogP contribution in [0.3, 0.4) is 0 Å². The van der Waals surface area contributed by atoms with Crippen LogP contribution < -0.4 is 15.5 Å². The van der Waals surface area contributed by atoms with Gasteiger partial charge in [0.25, 0.3) is 0 Å². The van der Waals surface area contributed by atoms with Crippen LogP contribution in [0.2, 0.25) is 0 Å². The van der Waals surface area contributed by atoms with Crippen LogP contribution in [0.15, 0.2) is 97.2 Å². The molecule has 47 heavy (non-hydrogen) atoms. The van der Waals surface area contributed by atoms with Crippen LogP contribution in [0.1, 0.15) is 41.2 Å². The molecule has 1 aromatic heterocycles. The molecule has 10 nitrogen and oxygen atoms in total. The van der Waals surface area contributed by atoms with E-state index in [0.717, 1.165) is 30.0 Å². The van der Waals surface area contributed by atoms with Crippen LogP contribution in [0, 0.1) is 0 Å². The normalized spacial score (nSPS) is 20.6. The van der Waals surface area contributed by atoms with Crippen LogP contribution in [0.4, 0.5) is 24.7 Å². The SMILES string of the molecule is CCN1C(=O)[C@H](NC2OC2c2cccc(C(F)(F)F)c2)[C@@H](c2ccccc2NC(=O)/C=C/C(=O)OC)c2cnn(-c3ccccc3)c21. The van der Waals surface area contributed by atoms with E-state index in [-0.39, 0.29) is 5.91 Å². The number of esters is 1. The number of para-hydroxylation sites is 2. The Morgan fingerprint density at radius 2 is 1.74 bits per heavy atom. The molecule has 0 radical (unpaired) electrons. The van der Waals surface area contributed by atoms with E-state index in [9.17, 15) is 27.6 Å². The van der Waals surface area contributed by atoms with E-state index < -0.39 is 47.9 Å². The molecule has 1 saturated heterocycles. The average molecular weight is 646 g/mol. The lowest BCUT2D eigenvalue weighted by atomic mass is 9.81. The summed E-state index contributed by atoms with van der Waals surface area (Å²) in [5.41, 5.74) is 1.89. The Morgan fingerprint density at radius 1 is 1.00 bits per heavy atom. The zero-order valence-electron chi connectivity index (χ0n) is 25.3. The van der Waals surface area contributed by atoms with Gasteiger partial charge < -0.3 is 14.8 Å². The first-order valence-corrected chi connectivity index (χ1v) is 14.8. The second-order valence-corrected chi connectivity index (χ2v) is 10.9. The number of rotatable bonds is 9. The predicted molar refractivity (Wildman–Crippen MR) is 166 cm³/mol. The summed E-state index contributed by atoms with van der Waals surface area (Å²) >= 11 is 0. The number of carbonyl (C=O) groups is 3. The highest BCUT2D eigenvalue weighted by atomic mass is 19.4. The molecule has 2 N–H and O–H groups in total. The molecule has 3 heterocycles. The van der Waals surface area contributed by atoms with Gasteiger partial charge in [0.1, 0.15) is 24.2 Å². The second-order valence-electron chi connectivity index (χ2n) is 10.9. The number of epoxide rings is 1. The van der Waals surface area contributed by atoms with E-state index in [1.165, 1.54) is 13.2 Å². The van der Waals surface area contributed by atoms with Crippen molar-refractivity contribution in [3.63, 3.8) is 0 Å². The number of hydrogen-bond acceptors (Lipinski definition) is 7. The Labute approximate surface area is 267 Å². The number of nitrogens with zero attached hydrogens (tertiary/aromatic N) is 3. The number of halogens is 3. The Balaban J connectivity index is 1.41. The Bertz CT molecular complexity index is 1840. The van der Waals surface area contributed by atoms with Crippen LogP contribution >= 0.6 is 0 Å². The van der Waals surface area contributed by atoms with Gasteiger partial charge in [-0.05, 0) is 48.4 Å². The summed E-state index contributed by atoms with van der Waals surface area (Å²) in [6, 6.07) is 20.2. The van der Waals surface area contributed by atoms with Gasteiger partial charge in [-0.25, -0.2) is 9.48 Å². The predicted octanol–water partition coefficient (Wildman–Crippen LogP) is 5.11. The average Bonchev–Trinajstić information content (AvgIpc) is 3.72. The van der Waals surface area contributed by atoms with E-state index in [2.05, 4.69) is 20.5 Å². The fourth-order valence-electron chi connectivity index (χ4n) is 5.85. The van der Waals surface area contributed by atoms with E-state index in [1.54, 1.807) is 46.1 Å². The maximum atomic E-state index is 14.4. The number of nitrogens with one attached hydrogen (secondary N) is 2. The third-order valence-electron chi connectivity index (χ3n) is 8.05. The maximum absolute atomic E-state index is 14.4. The molecule has 2 aliphatic heterocycles. The molecule has 2 amide bonds. The number of ether oxygens (including phenoxy) is 2. The summed E-state index contributed by atoms with van der Waals surface area (Å²) < 4.78 is 52.3. The summed E-state index contributed by atoms with van der Waals surface area (Å²) in [6.07, 6.45) is -2.29. The first-order valence-electron chi connectivity index (χ1n) is 14.8. The zero-order valence-corrected chi connectivity index (χ0v) is 25.3. The van der Waals surface area contributed by atoms with Gasteiger partial charge in [-0.1, -0.05) is 48.5 Å². The number of likely N-dealkylation sites (N-methyl/N-ethyl adjacent to an activating group) is 1. The first kappa shape index (κ1) is 31.7. The lowest BCUT2D eigenvalue weighted by Crippen LogP contribution is -2.54. The van der Waals surface area contributed by atoms with Crippen LogP contribution in [-0.2, 0) is 30.0 Å². The quantitative estimate of drug-likeness (QED) is 0.148. The van der Waals surface area contributed by atoms with Gasteiger partial charge in [-0.15, -0.1) is 0 Å². The van der Waals surface area contributed by atoms with Crippen molar-refractivity contribution in [3.05, 3.63) is 119 Å². The molecular formula is C34H30F3N5O5. The van der Waals surface area contributed by atoms with Crippen molar-refractivity contribution < 1.29 is 37.0 Å². The number of hydrogen-bond donors (Lipinski definition) is 2. The van der Waals surface area contributed by atoms with E-state index in [4.69, 9.17) is 4.74 Å². The van der Waals surface area contributed by atoms with Crippen LogP contribution in [0.5, 0.6) is 0 Å². The number of methoxy groups -OCH3 is 1. The largest absolute Gasteiger partial charge is 0.466 e. The third-order valence-corrected chi connectivity index (χ3v) is 8.05. The van der Waals surface area contributed by atoms with Gasteiger partial charge >= 0.3 is 12.1 Å². The highest BCUT2D eigenvalue weighted by molar-refractivity contribution is 6.04. The van der Waals surface area contributed by atoms with Gasteiger partial charge in [0.2, 0.25) is 11.8 Å². The molecule has 0 saturated carbocycles. The highest BCUT2D eigenvalue weighted by Gasteiger charge is 2.50. The van der Waals surface area contributed by atoms with Crippen molar-refractivity contribution in [2.45, 2.75) is 37.4 Å². The minimum atomic E-state index is -4.52. The van der Waals surface area contributed by atoms with Crippen molar-refractivity contribution in [1.29, 1.82) is 0 Å². The lowest BCUT2D eigenvalue weighted by molar-refractivity contribution is -0.137. The smallest absolute Gasteiger partial charge is 0.416 e. The minimum absolute atomic E-state index is 0.300. The fraction of sp³-hybridized carbons (Fsp3) is 0.235. The Morgan fingerprint density at radius 3 is 2.47 bits per heavy atom. The Hall–Kier alpha value is -5.27. The second kappa shape index (κ2) is 12.9. The van der Waals surface area contributed by atoms with Crippen molar-refractivity contribution >= 4 is 29.3 Å². The summed E-state index contributed by atoms with van der Waals surface area (Å²) in [6.45, 7) is 2.14. The monoisotopic (exact) mass is 645 g/mol. The molecule has 2 aliphatic rings. The minimum Gasteiger partial charge on any atom is -0.466 e. The molecule has 6 rings (SSSR count).